The molecule has 1 aliphatic rings. The topological polar surface area (TPSA) is 17.1 Å². The molecule has 0 N–H and O–H groups in total. The Kier molecular flexibility index (Phi) is 1.84. The predicted octanol–water partition coefficient (Wildman–Crippen LogP) is 1.54. The fraction of sp³-hybridized carbons (Fsp3) is 0.571. The third kappa shape index (κ3) is 1.19. The van der Waals surface area contributed by atoms with Crippen LogP contribution in [0.4, 0.5) is 0 Å². The average Bonchev–Trinajstić information content (AvgIpc) is 1.90. The molecule has 0 radical (unpaired) electrons. The lowest BCUT2D eigenvalue weighted by Gasteiger charge is -2.07. The number of hydrogen-bond donors (Lipinski definition) is 0. The summed E-state index contributed by atoms with van der Waals surface area (Å²) in [6.45, 7) is 0. The first kappa shape index (κ1) is 5.54. The molecule has 0 aromatic carbocycles. The van der Waals surface area contributed by atoms with Gasteiger partial charge in [-0.3, -0.25) is 0 Å². The molecule has 1 nitrogen and oxygen atoms in total. The van der Waals surface area contributed by atoms with E-state index in [1.807, 2.05) is 6.08 Å². The van der Waals surface area contributed by atoms with Gasteiger partial charge in [0.25, 0.3) is 0 Å². The van der Waals surface area contributed by atoms with Crippen LogP contribution in [0.3, 0.4) is 0 Å². The van der Waals surface area contributed by atoms with Crippen LogP contribution in [-0.4, -0.2) is 6.29 Å². The minimum absolute atomic E-state index is 0.226. The fourth-order valence-corrected chi connectivity index (χ4v) is 0.952. The Morgan fingerprint density at radius 1 is 1.62 bits per heavy atom. The van der Waals surface area contributed by atoms with Crippen molar-refractivity contribution in [2.45, 2.75) is 19.3 Å². The maximum atomic E-state index is 10.1. The first-order chi connectivity index (χ1) is 3.93. The Morgan fingerprint density at radius 3 is 2.88 bits per heavy atom. The van der Waals surface area contributed by atoms with E-state index in [9.17, 15) is 4.79 Å². The van der Waals surface area contributed by atoms with Gasteiger partial charge in [0, 0.05) is 5.92 Å². The van der Waals surface area contributed by atoms with E-state index in [2.05, 4.69) is 6.08 Å². The van der Waals surface area contributed by atoms with Gasteiger partial charge < -0.3 is 4.79 Å². The zero-order valence-electron chi connectivity index (χ0n) is 4.84. The van der Waals surface area contributed by atoms with Crippen LogP contribution in [0.25, 0.3) is 0 Å². The molecular formula is C7H10O. The Bertz CT molecular complexity index is 105. The highest BCUT2D eigenvalue weighted by Crippen LogP contribution is 2.13. The van der Waals surface area contributed by atoms with Crippen molar-refractivity contribution in [1.82, 2.24) is 0 Å². The largest absolute Gasteiger partial charge is 0.303 e. The summed E-state index contributed by atoms with van der Waals surface area (Å²) in [5.74, 6) is 0.226. The molecule has 0 aliphatic heterocycles. The molecule has 1 atom stereocenters. The summed E-state index contributed by atoms with van der Waals surface area (Å²) in [7, 11) is 0. The smallest absolute Gasteiger partial charge is 0.126 e. The van der Waals surface area contributed by atoms with Gasteiger partial charge in [0.1, 0.15) is 6.29 Å². The SMILES string of the molecule is O=C[C@@H]1C=CCCC1. The molecule has 8 heavy (non-hydrogen) atoms. The van der Waals surface area contributed by atoms with E-state index >= 15 is 0 Å². The summed E-state index contributed by atoms with van der Waals surface area (Å²) < 4.78 is 0. The molecule has 1 aliphatic carbocycles. The molecule has 44 valence electrons. The predicted molar refractivity (Wildman–Crippen MR) is 32.5 cm³/mol. The van der Waals surface area contributed by atoms with Crippen molar-refractivity contribution in [3.63, 3.8) is 0 Å². The lowest BCUT2D eigenvalue weighted by molar-refractivity contribution is -0.110. The Morgan fingerprint density at radius 2 is 2.50 bits per heavy atom. The van der Waals surface area contributed by atoms with E-state index in [0.717, 1.165) is 19.1 Å². The minimum atomic E-state index is 0.226. The molecule has 0 saturated carbocycles. The van der Waals surface area contributed by atoms with Crippen molar-refractivity contribution < 1.29 is 4.79 Å². The molecule has 0 unspecified atom stereocenters. The Balaban J connectivity index is 2.42. The van der Waals surface area contributed by atoms with Crippen LogP contribution >= 0.6 is 0 Å². The van der Waals surface area contributed by atoms with Crippen LogP contribution in [0, 0.1) is 5.92 Å². The first-order valence-corrected chi connectivity index (χ1v) is 3.05. The normalized spacial score (nSPS) is 27.8. The standard InChI is InChI=1S/C7H10O/c8-6-7-4-2-1-3-5-7/h2,4,6-7H,1,3,5H2/t7-/m1/s1. The van der Waals surface area contributed by atoms with E-state index in [1.54, 1.807) is 0 Å². The van der Waals surface area contributed by atoms with Gasteiger partial charge in [-0.25, -0.2) is 0 Å². The molecular weight excluding hydrogens is 100 g/mol. The van der Waals surface area contributed by atoms with Gasteiger partial charge in [-0.15, -0.1) is 0 Å². The van der Waals surface area contributed by atoms with Crippen molar-refractivity contribution >= 4 is 6.29 Å². The number of carbonyl (C=O) groups is 1. The maximum Gasteiger partial charge on any atom is 0.126 e. The van der Waals surface area contributed by atoms with Gasteiger partial charge in [-0.05, 0) is 19.3 Å². The summed E-state index contributed by atoms with van der Waals surface area (Å²) in [6.07, 6.45) is 8.50. The van der Waals surface area contributed by atoms with Gasteiger partial charge in [0.15, 0.2) is 0 Å². The Labute approximate surface area is 49.4 Å². The summed E-state index contributed by atoms with van der Waals surface area (Å²) in [5.41, 5.74) is 0. The second-order valence-corrected chi connectivity index (χ2v) is 2.16. The van der Waals surface area contributed by atoms with Crippen LogP contribution in [0.15, 0.2) is 12.2 Å². The molecule has 0 amide bonds. The van der Waals surface area contributed by atoms with Crippen LogP contribution in [0.5, 0.6) is 0 Å². The monoisotopic (exact) mass is 110 g/mol. The number of hydrogen-bond acceptors (Lipinski definition) is 1. The van der Waals surface area contributed by atoms with Crippen LogP contribution in [0.1, 0.15) is 19.3 Å². The molecule has 0 bridgehead atoms. The fourth-order valence-electron chi connectivity index (χ4n) is 0.952. The van der Waals surface area contributed by atoms with Crippen molar-refractivity contribution in [1.29, 1.82) is 0 Å². The quantitative estimate of drug-likeness (QED) is 0.369. The zero-order chi connectivity index (χ0) is 5.82. The lowest BCUT2D eigenvalue weighted by atomic mass is 9.98. The van der Waals surface area contributed by atoms with E-state index in [0.29, 0.717) is 0 Å². The summed E-state index contributed by atoms with van der Waals surface area (Å²) in [4.78, 5) is 10.1. The highest BCUT2D eigenvalue weighted by atomic mass is 16.1. The molecule has 0 saturated heterocycles. The third-order valence-electron chi connectivity index (χ3n) is 1.47. The first-order valence-electron chi connectivity index (χ1n) is 3.05. The van der Waals surface area contributed by atoms with Crippen LogP contribution in [0.2, 0.25) is 0 Å². The number of rotatable bonds is 1. The Hall–Kier alpha value is -0.590. The lowest BCUT2D eigenvalue weighted by Crippen LogP contribution is -2.00. The second kappa shape index (κ2) is 2.65. The molecule has 1 rings (SSSR count). The van der Waals surface area contributed by atoms with E-state index in [1.165, 1.54) is 6.42 Å². The molecule has 0 heterocycles. The average molecular weight is 110 g/mol. The van der Waals surface area contributed by atoms with Gasteiger partial charge in [-0.1, -0.05) is 12.2 Å². The highest BCUT2D eigenvalue weighted by molar-refractivity contribution is 5.56. The van der Waals surface area contributed by atoms with E-state index in [-0.39, 0.29) is 5.92 Å². The molecule has 0 spiro atoms. The molecule has 0 fully saturated rings. The van der Waals surface area contributed by atoms with Crippen LogP contribution in [-0.2, 0) is 4.79 Å². The van der Waals surface area contributed by atoms with Gasteiger partial charge in [-0.2, -0.15) is 0 Å². The van der Waals surface area contributed by atoms with Crippen molar-refractivity contribution in [3.05, 3.63) is 12.2 Å². The number of carbonyl (C=O) groups excluding carboxylic acids is 1. The molecule has 0 aromatic rings. The number of allylic oxidation sites excluding steroid dienone is 2. The van der Waals surface area contributed by atoms with Crippen molar-refractivity contribution in [3.8, 4) is 0 Å². The maximum absolute atomic E-state index is 10.1. The van der Waals surface area contributed by atoms with Gasteiger partial charge in [0.05, 0.1) is 0 Å². The van der Waals surface area contributed by atoms with E-state index < -0.39 is 0 Å². The summed E-state index contributed by atoms with van der Waals surface area (Å²) in [6, 6.07) is 0. The van der Waals surface area contributed by atoms with E-state index in [4.69, 9.17) is 0 Å². The van der Waals surface area contributed by atoms with Crippen molar-refractivity contribution in [2.24, 2.45) is 5.92 Å². The van der Waals surface area contributed by atoms with Gasteiger partial charge in [0.2, 0.25) is 0 Å². The second-order valence-electron chi connectivity index (χ2n) is 2.16. The van der Waals surface area contributed by atoms with Crippen LogP contribution < -0.4 is 0 Å². The molecule has 0 aromatic heterocycles. The van der Waals surface area contributed by atoms with Crippen molar-refractivity contribution in [2.75, 3.05) is 0 Å². The minimum Gasteiger partial charge on any atom is -0.303 e. The summed E-state index contributed by atoms with van der Waals surface area (Å²) >= 11 is 0. The highest BCUT2D eigenvalue weighted by Gasteiger charge is 2.04. The number of aldehydes is 1. The summed E-state index contributed by atoms with van der Waals surface area (Å²) in [5, 5.41) is 0. The third-order valence-corrected chi connectivity index (χ3v) is 1.47. The van der Waals surface area contributed by atoms with Gasteiger partial charge >= 0.3 is 0 Å². The zero-order valence-corrected chi connectivity index (χ0v) is 4.84. The molecule has 1 heteroatoms.